The minimum atomic E-state index is -0.498. The Morgan fingerprint density at radius 2 is 0.613 bits per heavy atom. The van der Waals surface area contributed by atoms with Gasteiger partial charge in [0.2, 0.25) is 0 Å². The van der Waals surface area contributed by atoms with Gasteiger partial charge < -0.3 is 9.80 Å². The van der Waals surface area contributed by atoms with E-state index < -0.39 is 5.41 Å². The molecule has 0 spiro atoms. The molecule has 0 radical (unpaired) electrons. The fourth-order valence-electron chi connectivity index (χ4n) is 14.9. The Bertz CT molecular complexity index is 4040. The van der Waals surface area contributed by atoms with E-state index in [4.69, 9.17) is 0 Å². The predicted molar refractivity (Wildman–Crippen MR) is 404 cm³/mol. The zero-order valence-corrected chi connectivity index (χ0v) is 58.9. The van der Waals surface area contributed by atoms with Crippen LogP contribution in [0.25, 0.3) is 33.4 Å². The largest absolute Gasteiger partial charge is 0.310 e. The van der Waals surface area contributed by atoms with E-state index in [2.05, 4.69) is 313 Å². The second-order valence-electron chi connectivity index (χ2n) is 29.6. The topological polar surface area (TPSA) is 6.48 Å². The number of fused-ring (bicyclic) bond motifs is 3. The molecule has 0 heterocycles. The first kappa shape index (κ1) is 66.3. The normalized spacial score (nSPS) is 12.7. The van der Waals surface area contributed by atoms with Crippen molar-refractivity contribution >= 4 is 34.1 Å². The molecule has 11 rings (SSSR count). The van der Waals surface area contributed by atoms with Gasteiger partial charge in [-0.3, -0.25) is 0 Å². The molecule has 0 saturated carbocycles. The Morgan fingerprint density at radius 1 is 0.301 bits per heavy atom. The van der Waals surface area contributed by atoms with Gasteiger partial charge in [0.05, 0.1) is 16.8 Å². The molecule has 1 aliphatic carbocycles. The van der Waals surface area contributed by atoms with Crippen molar-refractivity contribution in [3.05, 3.63) is 284 Å². The van der Waals surface area contributed by atoms with Crippen LogP contribution in [0.5, 0.6) is 0 Å². The smallest absolute Gasteiger partial charge is 0.0713 e. The van der Waals surface area contributed by atoms with E-state index >= 15 is 0 Å². The monoisotopic (exact) mass is 1220 g/mol. The molecule has 2 nitrogen and oxygen atoms in total. The molecule has 10 aromatic carbocycles. The molecule has 0 unspecified atom stereocenters. The molecule has 0 amide bonds. The summed E-state index contributed by atoms with van der Waals surface area (Å²) in [4.78, 5) is 4.93. The quantitative estimate of drug-likeness (QED) is 0.0557. The van der Waals surface area contributed by atoms with Crippen molar-refractivity contribution < 1.29 is 0 Å². The summed E-state index contributed by atoms with van der Waals surface area (Å²) in [5.41, 5.74) is 32.6. The van der Waals surface area contributed by atoms with Gasteiger partial charge in [-0.2, -0.15) is 0 Å². The summed E-state index contributed by atoms with van der Waals surface area (Å²) in [6.07, 6.45) is 18.0. The predicted octanol–water partition coefficient (Wildman–Crippen LogP) is 26.6. The van der Waals surface area contributed by atoms with Gasteiger partial charge >= 0.3 is 0 Å². The van der Waals surface area contributed by atoms with Crippen LogP contribution in [-0.2, 0) is 29.1 Å². The van der Waals surface area contributed by atoms with E-state index in [1.165, 1.54) is 200 Å². The molecule has 93 heavy (non-hydrogen) atoms. The van der Waals surface area contributed by atoms with E-state index in [1.54, 1.807) is 0 Å². The lowest BCUT2D eigenvalue weighted by Gasteiger charge is -2.34. The number of nitrogens with zero attached hydrogens (tertiary/aromatic N) is 2. The van der Waals surface area contributed by atoms with Crippen LogP contribution in [0.1, 0.15) is 210 Å². The molecule has 478 valence electrons. The van der Waals surface area contributed by atoms with E-state index in [1.807, 2.05) is 0 Å². The lowest BCUT2D eigenvalue weighted by atomic mass is 9.67. The van der Waals surface area contributed by atoms with Crippen molar-refractivity contribution in [2.24, 2.45) is 0 Å². The molecule has 0 bridgehead atoms. The van der Waals surface area contributed by atoms with Gasteiger partial charge in [-0.25, -0.2) is 0 Å². The van der Waals surface area contributed by atoms with Crippen LogP contribution in [0.15, 0.2) is 206 Å². The summed E-state index contributed by atoms with van der Waals surface area (Å²) in [6.45, 7) is 32.0. The third-order valence-corrected chi connectivity index (χ3v) is 20.2. The number of hydrogen-bond donors (Lipinski definition) is 0. The third kappa shape index (κ3) is 14.3. The Hall–Kier alpha value is -8.20. The van der Waals surface area contributed by atoms with Gasteiger partial charge in [-0.15, -0.1) is 0 Å². The molecule has 0 atom stereocenters. The fourth-order valence-corrected chi connectivity index (χ4v) is 14.9. The van der Waals surface area contributed by atoms with E-state index in [0.717, 1.165) is 35.6 Å². The number of aryl methyl sites for hydroxylation is 8. The van der Waals surface area contributed by atoms with Crippen molar-refractivity contribution in [3.8, 4) is 33.4 Å². The molecule has 0 aliphatic heterocycles. The summed E-state index contributed by atoms with van der Waals surface area (Å²) < 4.78 is 0. The highest BCUT2D eigenvalue weighted by Crippen LogP contribution is 2.57. The average molecular weight is 1230 g/mol. The summed E-state index contributed by atoms with van der Waals surface area (Å²) in [6, 6.07) is 80.6. The van der Waals surface area contributed by atoms with E-state index in [9.17, 15) is 0 Å². The Balaban J connectivity index is 0.954. The fraction of sp³-hybridized carbons (Fsp3) is 0.341. The average Bonchev–Trinajstić information content (AvgIpc) is 1.55. The van der Waals surface area contributed by atoms with Crippen LogP contribution >= 0.6 is 0 Å². The first-order valence-electron chi connectivity index (χ1n) is 35.4. The molecule has 0 aromatic heterocycles. The SMILES string of the molecule is CCCCCCCCc1ccc(C2(c3ccc(CCCCCCCC)cc3)c3cc(C)ccc3-c3ccc(-c4ccc(N(c5ccc(-c6ccc(N(c7ccc(C)cc7)c7c(C)cc(C(C)(C)C)cc7C)cc6)cc5)c5c(C)cc(C(C)(C)C)cc5C)cc4)cc32)cc1. The van der Waals surface area contributed by atoms with Gasteiger partial charge in [0, 0.05) is 22.7 Å². The van der Waals surface area contributed by atoms with Crippen molar-refractivity contribution in [1.29, 1.82) is 0 Å². The standard InChI is InChI=1S/C91H104N2/c1-15-17-19-21-23-25-27-69-32-43-75(44-33-69)91(76-45-34-70(35-46-76)28-26-24-22-20-18-16-2)85-57-64(4)31-55-83(85)84-56-42-74(62-86(84)91)73-40-53-82(54-41-73)93(88-67(7)60-78(61-68(88)8)90(12,13)14)81-51-38-72(39-52-81)71-36-49-80(50-37-71)92(79-47-29-63(3)30-48-79)87-65(5)58-77(59-66(87)6)89(9,10)11/h29-62H,15-28H2,1-14H3. The maximum Gasteiger partial charge on any atom is 0.0713 e. The zero-order chi connectivity index (χ0) is 65.6. The number of anilines is 6. The van der Waals surface area contributed by atoms with Gasteiger partial charge in [0.15, 0.2) is 0 Å². The van der Waals surface area contributed by atoms with Gasteiger partial charge in [0.25, 0.3) is 0 Å². The van der Waals surface area contributed by atoms with Crippen LogP contribution in [0.4, 0.5) is 34.1 Å². The summed E-state index contributed by atoms with van der Waals surface area (Å²) in [7, 11) is 0. The molecule has 2 heteroatoms. The molecular weight excluding hydrogens is 1120 g/mol. The Kier molecular flexibility index (Phi) is 20.4. The highest BCUT2D eigenvalue weighted by Gasteiger charge is 2.46. The van der Waals surface area contributed by atoms with Crippen LogP contribution in [0.3, 0.4) is 0 Å². The van der Waals surface area contributed by atoms with Crippen LogP contribution in [0.2, 0.25) is 0 Å². The number of rotatable bonds is 24. The molecule has 0 N–H and O–H groups in total. The highest BCUT2D eigenvalue weighted by molar-refractivity contribution is 5.90. The minimum Gasteiger partial charge on any atom is -0.310 e. The van der Waals surface area contributed by atoms with E-state index in [-0.39, 0.29) is 10.8 Å². The first-order chi connectivity index (χ1) is 44.8. The van der Waals surface area contributed by atoms with Crippen molar-refractivity contribution in [1.82, 2.24) is 0 Å². The molecule has 0 saturated heterocycles. The number of hydrogen-bond acceptors (Lipinski definition) is 2. The van der Waals surface area contributed by atoms with Crippen LogP contribution < -0.4 is 9.80 Å². The molecule has 10 aromatic rings. The van der Waals surface area contributed by atoms with Crippen LogP contribution in [-0.4, -0.2) is 0 Å². The maximum atomic E-state index is 2.54. The summed E-state index contributed by atoms with van der Waals surface area (Å²) in [5, 5.41) is 0. The Labute approximate surface area is 561 Å². The number of benzene rings is 10. The van der Waals surface area contributed by atoms with E-state index in [0.29, 0.717) is 0 Å². The third-order valence-electron chi connectivity index (χ3n) is 20.2. The summed E-state index contributed by atoms with van der Waals surface area (Å²) >= 11 is 0. The Morgan fingerprint density at radius 3 is 0.989 bits per heavy atom. The van der Waals surface area contributed by atoms with Gasteiger partial charge in [0.1, 0.15) is 0 Å². The molecule has 0 fully saturated rings. The lowest BCUT2D eigenvalue weighted by molar-refractivity contribution is 0.589. The van der Waals surface area contributed by atoms with Gasteiger partial charge in [-0.1, -0.05) is 282 Å². The maximum absolute atomic E-state index is 2.54. The molecular formula is C91H104N2. The second kappa shape index (κ2) is 28.6. The highest BCUT2D eigenvalue weighted by atomic mass is 15.2. The van der Waals surface area contributed by atoms with Gasteiger partial charge in [-0.05, 0) is 233 Å². The van der Waals surface area contributed by atoms with Crippen LogP contribution in [0, 0.1) is 41.5 Å². The first-order valence-corrected chi connectivity index (χ1v) is 35.4. The minimum absolute atomic E-state index is 0.0183. The summed E-state index contributed by atoms with van der Waals surface area (Å²) in [5.74, 6) is 0. The number of unbranched alkanes of at least 4 members (excludes halogenated alkanes) is 10. The van der Waals surface area contributed by atoms with Crippen molar-refractivity contribution in [3.63, 3.8) is 0 Å². The van der Waals surface area contributed by atoms with Crippen molar-refractivity contribution in [2.45, 2.75) is 203 Å². The van der Waals surface area contributed by atoms with Crippen molar-refractivity contribution in [2.75, 3.05) is 9.80 Å². The lowest BCUT2D eigenvalue weighted by Crippen LogP contribution is -2.28. The molecule has 1 aliphatic rings. The zero-order valence-electron chi connectivity index (χ0n) is 58.9. The second-order valence-corrected chi connectivity index (χ2v) is 29.6.